The second kappa shape index (κ2) is 8.88. The monoisotopic (exact) mass is 384 g/mol. The zero-order valence-corrected chi connectivity index (χ0v) is 16.3. The van der Waals surface area contributed by atoms with Crippen LogP contribution in [0.2, 0.25) is 0 Å². The molecule has 1 amide bonds. The molecule has 3 rings (SSSR count). The van der Waals surface area contributed by atoms with Crippen molar-refractivity contribution in [2.45, 2.75) is 39.3 Å². The van der Waals surface area contributed by atoms with Gasteiger partial charge in [0.1, 0.15) is 5.01 Å². The number of aromatic nitrogens is 4. The van der Waals surface area contributed by atoms with Crippen LogP contribution >= 0.6 is 11.3 Å². The summed E-state index contributed by atoms with van der Waals surface area (Å²) in [5, 5.41) is 12.3. The van der Waals surface area contributed by atoms with Crippen LogP contribution < -0.4 is 11.1 Å². The van der Waals surface area contributed by atoms with Crippen molar-refractivity contribution in [3.05, 3.63) is 59.1 Å². The number of nitrogens with one attached hydrogen (secondary N) is 1. The van der Waals surface area contributed by atoms with Gasteiger partial charge in [0.25, 0.3) is 0 Å². The van der Waals surface area contributed by atoms with E-state index in [4.69, 9.17) is 5.73 Å². The standard InChI is InChI=1S/C19H24N6OS/c1-13(2)8-17-23-24-19(27-17)22-18(26)16(20)9-15-11-25(12-21-15)10-14-6-4-3-5-7-14/h3-7,11-13,16H,8-10,20H2,1-2H3,(H,22,24,26)/t16-/m0/s1. The van der Waals surface area contributed by atoms with Crippen molar-refractivity contribution < 1.29 is 4.79 Å². The van der Waals surface area contributed by atoms with E-state index in [2.05, 4.69) is 46.5 Å². The van der Waals surface area contributed by atoms with E-state index in [1.807, 2.05) is 29.0 Å². The van der Waals surface area contributed by atoms with Gasteiger partial charge in [-0.2, -0.15) is 0 Å². The molecule has 0 aliphatic rings. The van der Waals surface area contributed by atoms with Gasteiger partial charge >= 0.3 is 0 Å². The highest BCUT2D eigenvalue weighted by molar-refractivity contribution is 7.15. The number of imidazole rings is 1. The lowest BCUT2D eigenvalue weighted by Crippen LogP contribution is -2.37. The third-order valence-corrected chi connectivity index (χ3v) is 4.80. The molecule has 0 unspecified atom stereocenters. The summed E-state index contributed by atoms with van der Waals surface area (Å²) >= 11 is 1.39. The minimum Gasteiger partial charge on any atom is -0.333 e. The minimum absolute atomic E-state index is 0.278. The Morgan fingerprint density at radius 1 is 1.22 bits per heavy atom. The molecule has 2 aromatic heterocycles. The van der Waals surface area contributed by atoms with Gasteiger partial charge < -0.3 is 10.3 Å². The van der Waals surface area contributed by atoms with E-state index in [1.165, 1.54) is 16.9 Å². The number of carbonyl (C=O) groups is 1. The van der Waals surface area contributed by atoms with Gasteiger partial charge in [-0.15, -0.1) is 10.2 Å². The van der Waals surface area contributed by atoms with E-state index < -0.39 is 6.04 Å². The maximum absolute atomic E-state index is 12.3. The number of carbonyl (C=O) groups excluding carboxylic acids is 1. The Morgan fingerprint density at radius 3 is 2.74 bits per heavy atom. The molecule has 0 aliphatic carbocycles. The molecule has 1 atom stereocenters. The molecular weight excluding hydrogens is 360 g/mol. The van der Waals surface area contributed by atoms with Crippen molar-refractivity contribution in [3.8, 4) is 0 Å². The van der Waals surface area contributed by atoms with Crippen molar-refractivity contribution in [2.24, 2.45) is 11.7 Å². The number of anilines is 1. The molecule has 0 saturated heterocycles. The molecule has 27 heavy (non-hydrogen) atoms. The maximum Gasteiger partial charge on any atom is 0.243 e. The Labute approximate surface area is 162 Å². The summed E-state index contributed by atoms with van der Waals surface area (Å²) in [6.45, 7) is 4.97. The number of rotatable bonds is 8. The fourth-order valence-corrected chi connectivity index (χ4v) is 3.60. The van der Waals surface area contributed by atoms with Gasteiger partial charge in [-0.25, -0.2) is 4.98 Å². The molecule has 0 aliphatic heterocycles. The van der Waals surface area contributed by atoms with Gasteiger partial charge in [-0.1, -0.05) is 55.5 Å². The third kappa shape index (κ3) is 5.70. The molecule has 3 N–H and O–H groups in total. The van der Waals surface area contributed by atoms with Crippen molar-refractivity contribution in [1.82, 2.24) is 19.7 Å². The summed E-state index contributed by atoms with van der Waals surface area (Å²) in [6.07, 6.45) is 4.89. The van der Waals surface area contributed by atoms with Crippen LogP contribution in [0.15, 0.2) is 42.9 Å². The SMILES string of the molecule is CC(C)Cc1nnc(NC(=O)[C@@H](N)Cc2cn(Cc3ccccc3)cn2)s1. The van der Waals surface area contributed by atoms with Gasteiger partial charge in [0.15, 0.2) is 0 Å². The second-order valence-electron chi connectivity index (χ2n) is 6.92. The van der Waals surface area contributed by atoms with Gasteiger partial charge in [0.2, 0.25) is 11.0 Å². The smallest absolute Gasteiger partial charge is 0.243 e. The first-order valence-electron chi connectivity index (χ1n) is 8.93. The van der Waals surface area contributed by atoms with Crippen LogP contribution in [-0.4, -0.2) is 31.7 Å². The highest BCUT2D eigenvalue weighted by atomic mass is 32.1. The zero-order valence-electron chi connectivity index (χ0n) is 15.5. The normalized spacial score (nSPS) is 12.3. The predicted octanol–water partition coefficient (Wildman–Crippen LogP) is 2.49. The molecule has 0 bridgehead atoms. The third-order valence-electron chi connectivity index (χ3n) is 3.94. The van der Waals surface area contributed by atoms with Crippen LogP contribution in [0.1, 0.15) is 30.1 Å². The number of hydrogen-bond acceptors (Lipinski definition) is 6. The van der Waals surface area contributed by atoms with E-state index in [0.29, 0.717) is 17.5 Å². The van der Waals surface area contributed by atoms with Crippen LogP contribution in [0, 0.1) is 5.92 Å². The van der Waals surface area contributed by atoms with Crippen LogP contribution in [-0.2, 0) is 24.2 Å². The average molecular weight is 385 g/mol. The van der Waals surface area contributed by atoms with E-state index in [1.54, 1.807) is 6.33 Å². The molecular formula is C19H24N6OS. The molecule has 2 heterocycles. The highest BCUT2D eigenvalue weighted by Gasteiger charge is 2.18. The van der Waals surface area contributed by atoms with Crippen molar-refractivity contribution in [2.75, 3.05) is 5.32 Å². The first kappa shape index (κ1) is 19.2. The molecule has 7 nitrogen and oxygen atoms in total. The molecule has 1 aromatic carbocycles. The van der Waals surface area contributed by atoms with Crippen molar-refractivity contribution >= 4 is 22.4 Å². The minimum atomic E-state index is -0.692. The molecule has 3 aromatic rings. The first-order chi connectivity index (χ1) is 13.0. The van der Waals surface area contributed by atoms with E-state index >= 15 is 0 Å². The first-order valence-corrected chi connectivity index (χ1v) is 9.74. The quantitative estimate of drug-likeness (QED) is 0.622. The lowest BCUT2D eigenvalue weighted by atomic mass is 10.1. The van der Waals surface area contributed by atoms with Gasteiger partial charge in [-0.05, 0) is 11.5 Å². The van der Waals surface area contributed by atoms with Gasteiger partial charge in [0, 0.05) is 25.6 Å². The molecule has 0 radical (unpaired) electrons. The Balaban J connectivity index is 1.53. The number of hydrogen-bond donors (Lipinski definition) is 2. The fourth-order valence-electron chi connectivity index (χ4n) is 2.64. The Hall–Kier alpha value is -2.58. The summed E-state index contributed by atoms with van der Waals surface area (Å²) in [4.78, 5) is 16.7. The lowest BCUT2D eigenvalue weighted by molar-refractivity contribution is -0.117. The molecule has 8 heteroatoms. The molecule has 0 spiro atoms. The maximum atomic E-state index is 12.3. The Bertz CT molecular complexity index is 873. The van der Waals surface area contributed by atoms with Crippen LogP contribution in [0.5, 0.6) is 0 Å². The van der Waals surface area contributed by atoms with Crippen LogP contribution in [0.4, 0.5) is 5.13 Å². The molecule has 142 valence electrons. The van der Waals surface area contributed by atoms with E-state index in [9.17, 15) is 4.79 Å². The summed E-state index contributed by atoms with van der Waals surface area (Å²) < 4.78 is 1.98. The summed E-state index contributed by atoms with van der Waals surface area (Å²) in [6, 6.07) is 9.44. The number of benzene rings is 1. The average Bonchev–Trinajstić information content (AvgIpc) is 3.24. The van der Waals surface area contributed by atoms with E-state index in [-0.39, 0.29) is 5.91 Å². The predicted molar refractivity (Wildman–Crippen MR) is 107 cm³/mol. The number of amides is 1. The Morgan fingerprint density at radius 2 is 2.00 bits per heavy atom. The zero-order chi connectivity index (χ0) is 19.2. The molecule has 0 fully saturated rings. The highest BCUT2D eigenvalue weighted by Crippen LogP contribution is 2.18. The second-order valence-corrected chi connectivity index (χ2v) is 7.98. The topological polar surface area (TPSA) is 98.7 Å². The summed E-state index contributed by atoms with van der Waals surface area (Å²) in [5.74, 6) is 0.217. The van der Waals surface area contributed by atoms with Crippen molar-refractivity contribution in [3.63, 3.8) is 0 Å². The van der Waals surface area contributed by atoms with Gasteiger partial charge in [0.05, 0.1) is 18.1 Å². The molecule has 0 saturated carbocycles. The van der Waals surface area contributed by atoms with Crippen molar-refractivity contribution in [1.29, 1.82) is 0 Å². The van der Waals surface area contributed by atoms with E-state index in [0.717, 1.165) is 23.7 Å². The van der Waals surface area contributed by atoms with Crippen LogP contribution in [0.25, 0.3) is 0 Å². The number of nitrogens with zero attached hydrogens (tertiary/aromatic N) is 4. The van der Waals surface area contributed by atoms with Gasteiger partial charge in [-0.3, -0.25) is 10.1 Å². The fraction of sp³-hybridized carbons (Fsp3) is 0.368. The Kier molecular flexibility index (Phi) is 6.31. The van der Waals surface area contributed by atoms with Crippen LogP contribution in [0.3, 0.4) is 0 Å². The number of nitrogens with two attached hydrogens (primary N) is 1. The summed E-state index contributed by atoms with van der Waals surface area (Å²) in [7, 11) is 0. The largest absolute Gasteiger partial charge is 0.333 e. The lowest BCUT2D eigenvalue weighted by Gasteiger charge is -2.08. The summed E-state index contributed by atoms with van der Waals surface area (Å²) in [5.41, 5.74) is 8.02.